The number of amides is 4. The Kier molecular flexibility index (Phi) is 6.21. The summed E-state index contributed by atoms with van der Waals surface area (Å²) in [5.41, 5.74) is 2.94. The van der Waals surface area contributed by atoms with E-state index in [9.17, 15) is 14.4 Å². The molecule has 0 unspecified atom stereocenters. The number of rotatable bonds is 7. The Balaban J connectivity index is 1.28. The normalized spacial score (nSPS) is 18.1. The maximum absolute atomic E-state index is 14.1. The van der Waals surface area contributed by atoms with Gasteiger partial charge in [-0.2, -0.15) is 0 Å². The number of imide groups is 1. The van der Waals surface area contributed by atoms with Crippen molar-refractivity contribution in [3.8, 4) is 11.5 Å². The number of methoxy groups -OCH3 is 2. The highest BCUT2D eigenvalue weighted by Crippen LogP contribution is 2.46. The molecule has 9 nitrogen and oxygen atoms in total. The second kappa shape index (κ2) is 9.75. The molecule has 1 aromatic heterocycles. The van der Waals surface area contributed by atoms with E-state index in [1.807, 2.05) is 42.5 Å². The van der Waals surface area contributed by atoms with Crippen LogP contribution in [-0.4, -0.2) is 55.0 Å². The summed E-state index contributed by atoms with van der Waals surface area (Å²) in [5, 5.41) is 3.91. The number of carbonyl (C=O) groups excluding carboxylic acids is 3. The van der Waals surface area contributed by atoms with Gasteiger partial charge in [-0.1, -0.05) is 24.3 Å². The molecule has 4 aromatic rings. The van der Waals surface area contributed by atoms with E-state index in [2.05, 4.69) is 10.3 Å². The summed E-state index contributed by atoms with van der Waals surface area (Å²) >= 11 is 0. The molecule has 4 amide bonds. The van der Waals surface area contributed by atoms with E-state index in [4.69, 9.17) is 9.47 Å². The number of hydrogen-bond donors (Lipinski definition) is 2. The Bertz CT molecular complexity index is 1640. The van der Waals surface area contributed by atoms with Crippen molar-refractivity contribution in [1.29, 1.82) is 0 Å². The highest BCUT2D eigenvalue weighted by Gasteiger charge is 2.59. The summed E-state index contributed by atoms with van der Waals surface area (Å²) in [6.45, 7) is 2.55. The molecular weight excluding hydrogens is 508 g/mol. The molecule has 3 heterocycles. The van der Waals surface area contributed by atoms with Crippen molar-refractivity contribution in [2.24, 2.45) is 0 Å². The lowest BCUT2D eigenvalue weighted by Gasteiger charge is -2.35. The number of carbonyl (C=O) groups is 3. The molecule has 2 aliphatic rings. The lowest BCUT2D eigenvalue weighted by molar-refractivity contribution is -0.125. The number of ether oxygens (including phenoxy) is 2. The highest BCUT2D eigenvalue weighted by molar-refractivity contribution is 6.25. The lowest BCUT2D eigenvalue weighted by Crippen LogP contribution is -2.49. The van der Waals surface area contributed by atoms with Gasteiger partial charge in [-0.3, -0.25) is 9.59 Å². The van der Waals surface area contributed by atoms with Crippen molar-refractivity contribution in [2.45, 2.75) is 25.3 Å². The van der Waals surface area contributed by atoms with E-state index >= 15 is 0 Å². The molecule has 2 N–H and O–H groups in total. The minimum absolute atomic E-state index is 0.268. The molecule has 9 heteroatoms. The van der Waals surface area contributed by atoms with Crippen LogP contribution in [0.2, 0.25) is 0 Å². The van der Waals surface area contributed by atoms with Crippen LogP contribution >= 0.6 is 0 Å². The fraction of sp³-hybridized carbons (Fsp3) is 0.258. The molecule has 204 valence electrons. The first-order valence-electron chi connectivity index (χ1n) is 13.2. The standard InChI is InChI=1S/C31H30N4O5/c1-31-27-22(24-18-21(40-3)12-13-25(24)33-27)15-17-34(31)30(38)35(29(31)37)26-7-5-4-6-23(26)28(36)32-16-14-19-8-10-20(39-2)11-9-19/h4-13,18,33H,14-17H2,1-3H3,(H,32,36)/t31-/m0/s1. The Labute approximate surface area is 231 Å². The number of fused-ring (bicyclic) bond motifs is 5. The largest absolute Gasteiger partial charge is 0.497 e. The minimum Gasteiger partial charge on any atom is -0.497 e. The quantitative estimate of drug-likeness (QED) is 0.340. The molecule has 1 atom stereocenters. The molecule has 0 radical (unpaired) electrons. The van der Waals surface area contributed by atoms with Gasteiger partial charge in [0.1, 0.15) is 11.5 Å². The Morgan fingerprint density at radius 1 is 1.00 bits per heavy atom. The van der Waals surface area contributed by atoms with Crippen molar-refractivity contribution in [3.63, 3.8) is 0 Å². The van der Waals surface area contributed by atoms with Crippen LogP contribution < -0.4 is 19.7 Å². The average molecular weight is 539 g/mol. The van der Waals surface area contributed by atoms with Gasteiger partial charge in [-0.05, 0) is 73.4 Å². The van der Waals surface area contributed by atoms with Crippen molar-refractivity contribution in [1.82, 2.24) is 15.2 Å². The summed E-state index contributed by atoms with van der Waals surface area (Å²) in [4.78, 5) is 47.3. The third kappa shape index (κ3) is 3.88. The molecule has 40 heavy (non-hydrogen) atoms. The van der Waals surface area contributed by atoms with E-state index < -0.39 is 17.5 Å². The SMILES string of the molecule is COc1ccc(CCNC(=O)c2ccccc2N2C(=O)N3CCc4c([nH]c5ccc(OC)cc45)[C@@]3(C)C2=O)cc1. The zero-order valence-electron chi connectivity index (χ0n) is 22.6. The van der Waals surface area contributed by atoms with Crippen LogP contribution in [0.3, 0.4) is 0 Å². The Morgan fingerprint density at radius 2 is 1.73 bits per heavy atom. The third-order valence-electron chi connectivity index (χ3n) is 8.01. The van der Waals surface area contributed by atoms with Gasteiger partial charge in [0.2, 0.25) is 0 Å². The first-order valence-corrected chi connectivity index (χ1v) is 13.2. The van der Waals surface area contributed by atoms with E-state index in [1.54, 1.807) is 50.3 Å². The summed E-state index contributed by atoms with van der Waals surface area (Å²) in [5.74, 6) is 0.754. The number of hydrogen-bond acceptors (Lipinski definition) is 5. The van der Waals surface area contributed by atoms with Crippen molar-refractivity contribution in [2.75, 3.05) is 32.2 Å². The fourth-order valence-electron chi connectivity index (χ4n) is 5.83. The second-order valence-corrected chi connectivity index (χ2v) is 10.2. The topological polar surface area (TPSA) is 104 Å². The zero-order chi connectivity index (χ0) is 28.0. The van der Waals surface area contributed by atoms with Gasteiger partial charge in [0.25, 0.3) is 11.8 Å². The van der Waals surface area contributed by atoms with E-state index in [1.165, 1.54) is 0 Å². The molecule has 0 spiro atoms. The second-order valence-electron chi connectivity index (χ2n) is 10.2. The number of nitrogens with zero attached hydrogens (tertiary/aromatic N) is 2. The minimum atomic E-state index is -1.23. The van der Waals surface area contributed by atoms with Gasteiger partial charge < -0.3 is 24.7 Å². The average Bonchev–Trinajstić information content (AvgIpc) is 3.45. The fourth-order valence-corrected chi connectivity index (χ4v) is 5.83. The zero-order valence-corrected chi connectivity index (χ0v) is 22.6. The third-order valence-corrected chi connectivity index (χ3v) is 8.01. The van der Waals surface area contributed by atoms with Crippen LogP contribution in [0.5, 0.6) is 11.5 Å². The van der Waals surface area contributed by atoms with Gasteiger partial charge in [0.15, 0.2) is 5.54 Å². The first kappa shape index (κ1) is 25.5. The Morgan fingerprint density at radius 3 is 2.48 bits per heavy atom. The number of urea groups is 1. The van der Waals surface area contributed by atoms with Crippen LogP contribution in [0.15, 0.2) is 66.7 Å². The molecule has 0 saturated carbocycles. The first-order chi connectivity index (χ1) is 19.4. The number of anilines is 1. The smallest absolute Gasteiger partial charge is 0.332 e. The van der Waals surface area contributed by atoms with Crippen LogP contribution in [0.25, 0.3) is 10.9 Å². The van der Waals surface area contributed by atoms with Crippen molar-refractivity contribution < 1.29 is 23.9 Å². The number of benzene rings is 3. The van der Waals surface area contributed by atoms with Crippen LogP contribution in [0.1, 0.15) is 34.1 Å². The van der Waals surface area contributed by atoms with E-state index in [-0.39, 0.29) is 17.2 Å². The molecule has 2 aliphatic heterocycles. The van der Waals surface area contributed by atoms with Gasteiger partial charge in [0.05, 0.1) is 31.2 Å². The number of aromatic amines is 1. The summed E-state index contributed by atoms with van der Waals surface area (Å²) in [6.07, 6.45) is 1.22. The molecule has 3 aromatic carbocycles. The highest BCUT2D eigenvalue weighted by atomic mass is 16.5. The molecule has 0 bridgehead atoms. The maximum Gasteiger partial charge on any atom is 0.332 e. The number of para-hydroxylation sites is 1. The molecule has 0 aliphatic carbocycles. The van der Waals surface area contributed by atoms with Crippen LogP contribution in [-0.2, 0) is 23.2 Å². The monoisotopic (exact) mass is 538 g/mol. The molecule has 1 saturated heterocycles. The predicted octanol–water partition coefficient (Wildman–Crippen LogP) is 4.40. The number of aromatic nitrogens is 1. The summed E-state index contributed by atoms with van der Waals surface area (Å²) in [6, 6.07) is 19.7. The summed E-state index contributed by atoms with van der Waals surface area (Å²) < 4.78 is 10.6. The van der Waals surface area contributed by atoms with E-state index in [0.29, 0.717) is 31.6 Å². The van der Waals surface area contributed by atoms with E-state index in [0.717, 1.165) is 38.4 Å². The van der Waals surface area contributed by atoms with Crippen molar-refractivity contribution >= 4 is 34.4 Å². The predicted molar refractivity (Wildman–Crippen MR) is 151 cm³/mol. The number of H-pyrrole nitrogens is 1. The van der Waals surface area contributed by atoms with Gasteiger partial charge >= 0.3 is 6.03 Å². The number of nitrogens with one attached hydrogen (secondary N) is 2. The van der Waals surface area contributed by atoms with Crippen LogP contribution in [0, 0.1) is 0 Å². The van der Waals surface area contributed by atoms with Gasteiger partial charge in [-0.15, -0.1) is 0 Å². The lowest BCUT2D eigenvalue weighted by atomic mass is 9.87. The van der Waals surface area contributed by atoms with Crippen LogP contribution in [0.4, 0.5) is 10.5 Å². The van der Waals surface area contributed by atoms with Gasteiger partial charge in [0, 0.05) is 24.0 Å². The molecule has 1 fully saturated rings. The van der Waals surface area contributed by atoms with Gasteiger partial charge in [-0.25, -0.2) is 9.69 Å². The summed E-state index contributed by atoms with van der Waals surface area (Å²) in [7, 11) is 3.23. The Hall–Kier alpha value is -4.79. The maximum atomic E-state index is 14.1. The van der Waals surface area contributed by atoms with Crippen molar-refractivity contribution in [3.05, 3.63) is 89.1 Å². The molecular formula is C31H30N4O5. The molecule has 6 rings (SSSR count).